The number of nitrogens with zero attached hydrogens (tertiary/aromatic N) is 2. The first-order chi connectivity index (χ1) is 8.29. The van der Waals surface area contributed by atoms with Crippen LogP contribution in [-0.2, 0) is 13.0 Å². The molecule has 2 aromatic rings. The Kier molecular flexibility index (Phi) is 2.90. The van der Waals surface area contributed by atoms with E-state index in [9.17, 15) is 0 Å². The predicted molar refractivity (Wildman–Crippen MR) is 73.8 cm³/mol. The molecule has 0 spiro atoms. The first kappa shape index (κ1) is 11.2. The lowest BCUT2D eigenvalue weighted by Crippen LogP contribution is -2.32. The van der Waals surface area contributed by atoms with E-state index in [0.717, 1.165) is 23.0 Å². The van der Waals surface area contributed by atoms with Gasteiger partial charge in [-0.2, -0.15) is 0 Å². The summed E-state index contributed by atoms with van der Waals surface area (Å²) in [5.74, 6) is 0. The maximum absolute atomic E-state index is 5.64. The second-order valence-corrected chi connectivity index (χ2v) is 6.33. The third kappa shape index (κ3) is 1.88. The Hall–Kier alpha value is -0.910. The molecule has 1 aliphatic rings. The van der Waals surface area contributed by atoms with Crippen molar-refractivity contribution < 1.29 is 0 Å². The highest BCUT2D eigenvalue weighted by molar-refractivity contribution is 7.15. The van der Waals surface area contributed by atoms with Crippen LogP contribution >= 0.6 is 22.7 Å². The number of nitrogens with two attached hydrogens (primary N) is 1. The average Bonchev–Trinajstić information content (AvgIpc) is 2.97. The van der Waals surface area contributed by atoms with Crippen LogP contribution in [0.25, 0.3) is 0 Å². The van der Waals surface area contributed by atoms with Crippen LogP contribution in [0.3, 0.4) is 0 Å². The normalized spacial score (nSPS) is 19.4. The maximum Gasteiger partial charge on any atom is 0.186 e. The fourth-order valence-electron chi connectivity index (χ4n) is 2.30. The first-order valence-electron chi connectivity index (χ1n) is 5.77. The van der Waals surface area contributed by atoms with Gasteiger partial charge in [0.25, 0.3) is 0 Å². The van der Waals surface area contributed by atoms with Crippen molar-refractivity contribution in [3.63, 3.8) is 0 Å². The van der Waals surface area contributed by atoms with E-state index < -0.39 is 0 Å². The summed E-state index contributed by atoms with van der Waals surface area (Å²) in [5.41, 5.74) is 7.10. The van der Waals surface area contributed by atoms with E-state index in [1.54, 1.807) is 11.3 Å². The Bertz CT molecular complexity index is 517. The van der Waals surface area contributed by atoms with E-state index in [4.69, 9.17) is 5.73 Å². The van der Waals surface area contributed by atoms with Gasteiger partial charge in [-0.05, 0) is 30.4 Å². The fourth-order valence-corrected chi connectivity index (χ4v) is 4.15. The molecule has 0 aromatic carbocycles. The van der Waals surface area contributed by atoms with Gasteiger partial charge in [-0.1, -0.05) is 0 Å². The summed E-state index contributed by atoms with van der Waals surface area (Å²) in [6.45, 7) is 3.91. The topological polar surface area (TPSA) is 42.2 Å². The molecule has 5 heteroatoms. The molecule has 17 heavy (non-hydrogen) atoms. The molecule has 1 atom stereocenters. The van der Waals surface area contributed by atoms with Gasteiger partial charge in [0.2, 0.25) is 0 Å². The SMILES string of the molecule is CC1c2ccsc2CCN1c1ncc(CN)s1. The Morgan fingerprint density at radius 1 is 1.59 bits per heavy atom. The summed E-state index contributed by atoms with van der Waals surface area (Å²) >= 11 is 3.59. The van der Waals surface area contributed by atoms with E-state index in [2.05, 4.69) is 28.3 Å². The summed E-state index contributed by atoms with van der Waals surface area (Å²) in [6.07, 6.45) is 3.03. The van der Waals surface area contributed by atoms with E-state index in [1.165, 1.54) is 10.4 Å². The van der Waals surface area contributed by atoms with Gasteiger partial charge < -0.3 is 10.6 Å². The van der Waals surface area contributed by atoms with Crippen molar-refractivity contribution in [1.82, 2.24) is 4.98 Å². The Balaban J connectivity index is 1.91. The van der Waals surface area contributed by atoms with E-state index in [1.807, 2.05) is 17.5 Å². The zero-order valence-electron chi connectivity index (χ0n) is 9.72. The molecule has 0 bridgehead atoms. The van der Waals surface area contributed by atoms with Crippen molar-refractivity contribution in [2.24, 2.45) is 5.73 Å². The third-order valence-corrected chi connectivity index (χ3v) is 5.32. The minimum Gasteiger partial charge on any atom is -0.341 e. The van der Waals surface area contributed by atoms with Gasteiger partial charge in [-0.25, -0.2) is 4.98 Å². The van der Waals surface area contributed by atoms with Gasteiger partial charge in [0.15, 0.2) is 5.13 Å². The summed E-state index contributed by atoms with van der Waals surface area (Å²) in [7, 11) is 0. The molecule has 0 fully saturated rings. The van der Waals surface area contributed by atoms with Gasteiger partial charge in [0, 0.05) is 29.0 Å². The lowest BCUT2D eigenvalue weighted by molar-refractivity contribution is 0.631. The molecule has 0 amide bonds. The van der Waals surface area contributed by atoms with Crippen molar-refractivity contribution in [2.75, 3.05) is 11.4 Å². The summed E-state index contributed by atoms with van der Waals surface area (Å²) in [5, 5.41) is 3.30. The monoisotopic (exact) mass is 265 g/mol. The van der Waals surface area contributed by atoms with E-state index in [-0.39, 0.29) is 0 Å². The van der Waals surface area contributed by atoms with Gasteiger partial charge in [0.1, 0.15) is 0 Å². The first-order valence-corrected chi connectivity index (χ1v) is 7.47. The second-order valence-electron chi connectivity index (χ2n) is 4.23. The molecule has 1 unspecified atom stereocenters. The highest BCUT2D eigenvalue weighted by atomic mass is 32.1. The van der Waals surface area contributed by atoms with Gasteiger partial charge in [-0.3, -0.25) is 0 Å². The zero-order valence-corrected chi connectivity index (χ0v) is 11.4. The number of rotatable bonds is 2. The third-order valence-electron chi connectivity index (χ3n) is 3.27. The van der Waals surface area contributed by atoms with E-state index in [0.29, 0.717) is 12.6 Å². The smallest absolute Gasteiger partial charge is 0.186 e. The Labute approximate surface area is 109 Å². The van der Waals surface area contributed by atoms with Crippen molar-refractivity contribution in [3.8, 4) is 0 Å². The predicted octanol–water partition coefficient (Wildman–Crippen LogP) is 2.79. The number of hydrogen-bond acceptors (Lipinski definition) is 5. The highest BCUT2D eigenvalue weighted by Crippen LogP contribution is 2.37. The number of hydrogen-bond donors (Lipinski definition) is 1. The van der Waals surface area contributed by atoms with Crippen LogP contribution in [0.15, 0.2) is 17.6 Å². The molecule has 2 aromatic heterocycles. The lowest BCUT2D eigenvalue weighted by atomic mass is 10.0. The fraction of sp³-hybridized carbons (Fsp3) is 0.417. The highest BCUT2D eigenvalue weighted by Gasteiger charge is 2.26. The second kappa shape index (κ2) is 4.40. The zero-order chi connectivity index (χ0) is 11.8. The summed E-state index contributed by atoms with van der Waals surface area (Å²) in [6, 6.07) is 2.68. The van der Waals surface area contributed by atoms with Crippen molar-refractivity contribution in [1.29, 1.82) is 0 Å². The Morgan fingerprint density at radius 3 is 3.24 bits per heavy atom. The van der Waals surface area contributed by atoms with Crippen molar-refractivity contribution in [2.45, 2.75) is 25.9 Å². The number of thiazole rings is 1. The van der Waals surface area contributed by atoms with Gasteiger partial charge >= 0.3 is 0 Å². The molecular formula is C12H15N3S2. The van der Waals surface area contributed by atoms with Crippen LogP contribution in [0.5, 0.6) is 0 Å². The molecule has 3 heterocycles. The molecular weight excluding hydrogens is 250 g/mol. The quantitative estimate of drug-likeness (QED) is 0.908. The average molecular weight is 265 g/mol. The molecule has 3 nitrogen and oxygen atoms in total. The van der Waals surface area contributed by atoms with Crippen LogP contribution in [0.2, 0.25) is 0 Å². The van der Waals surface area contributed by atoms with Gasteiger partial charge in [0.05, 0.1) is 6.04 Å². The lowest BCUT2D eigenvalue weighted by Gasteiger charge is -2.33. The molecule has 0 saturated carbocycles. The molecule has 0 radical (unpaired) electrons. The maximum atomic E-state index is 5.64. The van der Waals surface area contributed by atoms with Crippen LogP contribution in [0, 0.1) is 0 Å². The summed E-state index contributed by atoms with van der Waals surface area (Å²) in [4.78, 5) is 9.56. The number of thiophene rings is 1. The van der Waals surface area contributed by atoms with Crippen LogP contribution in [0.1, 0.15) is 28.3 Å². The number of fused-ring (bicyclic) bond motifs is 1. The van der Waals surface area contributed by atoms with Crippen molar-refractivity contribution >= 4 is 27.8 Å². The van der Waals surface area contributed by atoms with Crippen molar-refractivity contribution in [3.05, 3.63) is 33.0 Å². The largest absolute Gasteiger partial charge is 0.341 e. The number of aromatic nitrogens is 1. The van der Waals surface area contributed by atoms with Crippen LogP contribution in [0.4, 0.5) is 5.13 Å². The standard InChI is InChI=1S/C12H15N3S2/c1-8-10-3-5-16-11(10)2-4-15(8)12-14-7-9(6-13)17-12/h3,5,7-8H,2,4,6,13H2,1H3. The van der Waals surface area contributed by atoms with Crippen LogP contribution in [-0.4, -0.2) is 11.5 Å². The van der Waals surface area contributed by atoms with E-state index >= 15 is 0 Å². The molecule has 2 N–H and O–H groups in total. The minimum absolute atomic E-state index is 0.432. The molecule has 1 aliphatic heterocycles. The van der Waals surface area contributed by atoms with Crippen LogP contribution < -0.4 is 10.6 Å². The molecule has 90 valence electrons. The minimum atomic E-state index is 0.432. The Morgan fingerprint density at radius 2 is 2.47 bits per heavy atom. The summed E-state index contributed by atoms with van der Waals surface area (Å²) < 4.78 is 0. The molecule has 0 aliphatic carbocycles. The van der Waals surface area contributed by atoms with Gasteiger partial charge in [-0.15, -0.1) is 22.7 Å². The molecule has 0 saturated heterocycles. The molecule has 3 rings (SSSR count). The number of anilines is 1.